The molecule has 0 saturated heterocycles. The van der Waals surface area contributed by atoms with E-state index in [1.54, 1.807) is 18.2 Å². The first-order valence-corrected chi connectivity index (χ1v) is 6.62. The summed E-state index contributed by atoms with van der Waals surface area (Å²) in [6.07, 6.45) is 0. The number of nitrogens with two attached hydrogens (primary N) is 1. The topological polar surface area (TPSA) is 26.0 Å². The Morgan fingerprint density at radius 1 is 1.17 bits per heavy atom. The number of hydrogen-bond donors (Lipinski definition) is 1. The molecule has 0 aliphatic carbocycles. The van der Waals surface area contributed by atoms with Gasteiger partial charge < -0.3 is 5.73 Å². The molecule has 0 saturated carbocycles. The Bertz CT molecular complexity index is 586. The van der Waals surface area contributed by atoms with E-state index < -0.39 is 6.04 Å². The fraction of sp³-hybridized carbons (Fsp3) is 0.143. The molecule has 4 heteroatoms. The van der Waals surface area contributed by atoms with Crippen molar-refractivity contribution < 1.29 is 4.39 Å². The summed E-state index contributed by atoms with van der Waals surface area (Å²) in [4.78, 5) is 0. The van der Waals surface area contributed by atoms with Gasteiger partial charge in [-0.25, -0.2) is 4.39 Å². The summed E-state index contributed by atoms with van der Waals surface area (Å²) in [6.45, 7) is 1.91. The second-order valence-electron chi connectivity index (χ2n) is 4.14. The van der Waals surface area contributed by atoms with E-state index in [2.05, 4.69) is 15.9 Å². The van der Waals surface area contributed by atoms with Crippen molar-refractivity contribution in [2.75, 3.05) is 0 Å². The predicted molar refractivity (Wildman–Crippen MR) is 76.3 cm³/mol. The molecular weight excluding hydrogens is 317 g/mol. The van der Waals surface area contributed by atoms with Crippen LogP contribution < -0.4 is 5.73 Å². The lowest BCUT2D eigenvalue weighted by atomic mass is 9.95. The fourth-order valence-corrected chi connectivity index (χ4v) is 2.51. The molecule has 0 amide bonds. The molecule has 0 radical (unpaired) electrons. The third-order valence-corrected chi connectivity index (χ3v) is 3.59. The lowest BCUT2D eigenvalue weighted by Gasteiger charge is -2.16. The van der Waals surface area contributed by atoms with Gasteiger partial charge in [0.15, 0.2) is 0 Å². The molecule has 0 spiro atoms. The second kappa shape index (κ2) is 5.39. The molecule has 0 aliphatic heterocycles. The van der Waals surface area contributed by atoms with E-state index in [-0.39, 0.29) is 5.82 Å². The fourth-order valence-electron chi connectivity index (χ4n) is 1.91. The maximum absolute atomic E-state index is 13.8. The summed E-state index contributed by atoms with van der Waals surface area (Å²) >= 11 is 9.23. The molecule has 1 atom stereocenters. The van der Waals surface area contributed by atoms with E-state index >= 15 is 0 Å². The molecule has 2 aromatic rings. The first kappa shape index (κ1) is 13.5. The van der Waals surface area contributed by atoms with Crippen LogP contribution in [0.25, 0.3) is 0 Å². The van der Waals surface area contributed by atoms with Gasteiger partial charge in [-0.2, -0.15) is 0 Å². The minimum atomic E-state index is -0.500. The minimum Gasteiger partial charge on any atom is -0.320 e. The van der Waals surface area contributed by atoms with E-state index in [9.17, 15) is 4.39 Å². The van der Waals surface area contributed by atoms with Gasteiger partial charge in [-0.1, -0.05) is 33.6 Å². The predicted octanol–water partition coefficient (Wildman–Crippen LogP) is 4.60. The van der Waals surface area contributed by atoms with E-state index in [1.807, 2.05) is 19.1 Å². The molecule has 2 rings (SSSR count). The molecule has 0 fully saturated rings. The van der Waals surface area contributed by atoms with Crippen molar-refractivity contribution in [3.63, 3.8) is 0 Å². The van der Waals surface area contributed by atoms with Gasteiger partial charge in [-0.15, -0.1) is 0 Å². The van der Waals surface area contributed by atoms with Crippen LogP contribution in [0.15, 0.2) is 40.9 Å². The van der Waals surface area contributed by atoms with E-state index in [4.69, 9.17) is 17.3 Å². The van der Waals surface area contributed by atoms with Crippen LogP contribution in [0.4, 0.5) is 4.39 Å². The zero-order valence-corrected chi connectivity index (χ0v) is 12.1. The van der Waals surface area contributed by atoms with Crippen LogP contribution in [0.5, 0.6) is 0 Å². The average Bonchev–Trinajstić information content (AvgIpc) is 2.31. The van der Waals surface area contributed by atoms with Gasteiger partial charge in [0, 0.05) is 15.1 Å². The van der Waals surface area contributed by atoms with E-state index in [0.717, 1.165) is 15.6 Å². The minimum absolute atomic E-state index is 0.306. The van der Waals surface area contributed by atoms with Crippen molar-refractivity contribution >= 4 is 27.5 Å². The van der Waals surface area contributed by atoms with Crippen LogP contribution >= 0.6 is 27.5 Å². The summed E-state index contributed by atoms with van der Waals surface area (Å²) in [5.41, 5.74) is 8.43. The highest BCUT2D eigenvalue weighted by Gasteiger charge is 2.16. The van der Waals surface area contributed by atoms with Gasteiger partial charge in [0.2, 0.25) is 0 Å². The molecule has 1 nitrogen and oxygen atoms in total. The first-order valence-electron chi connectivity index (χ1n) is 5.45. The van der Waals surface area contributed by atoms with Crippen molar-refractivity contribution in [1.29, 1.82) is 0 Å². The standard InChI is InChI=1S/C14H12BrClFN/c1-8-6-10(16)3-4-11(8)14(18)12-7-9(15)2-5-13(12)17/h2-7,14H,18H2,1H3. The Morgan fingerprint density at radius 3 is 2.56 bits per heavy atom. The maximum Gasteiger partial charge on any atom is 0.128 e. The second-order valence-corrected chi connectivity index (χ2v) is 5.50. The molecule has 94 valence electrons. The van der Waals surface area contributed by atoms with Gasteiger partial charge in [0.1, 0.15) is 5.82 Å². The summed E-state index contributed by atoms with van der Waals surface area (Å²) in [5.74, 6) is -0.306. The molecule has 18 heavy (non-hydrogen) atoms. The SMILES string of the molecule is Cc1cc(Cl)ccc1C(N)c1cc(Br)ccc1F. The summed E-state index contributed by atoms with van der Waals surface area (Å²) in [6, 6.07) is 9.69. The van der Waals surface area contributed by atoms with E-state index in [1.165, 1.54) is 6.07 Å². The summed E-state index contributed by atoms with van der Waals surface area (Å²) in [7, 11) is 0. The van der Waals surface area contributed by atoms with Crippen LogP contribution in [0.2, 0.25) is 5.02 Å². The number of halogens is 3. The Kier molecular flexibility index (Phi) is 4.05. The summed E-state index contributed by atoms with van der Waals surface area (Å²) in [5, 5.41) is 0.651. The Balaban J connectivity index is 2.47. The van der Waals surface area contributed by atoms with Crippen LogP contribution in [0.3, 0.4) is 0 Å². The van der Waals surface area contributed by atoms with E-state index in [0.29, 0.717) is 10.6 Å². The summed E-state index contributed by atoms with van der Waals surface area (Å²) < 4.78 is 14.6. The largest absolute Gasteiger partial charge is 0.320 e. The Hall–Kier alpha value is -0.900. The molecule has 1 unspecified atom stereocenters. The van der Waals surface area contributed by atoms with Gasteiger partial charge >= 0.3 is 0 Å². The smallest absolute Gasteiger partial charge is 0.128 e. The molecule has 0 aliphatic rings. The highest BCUT2D eigenvalue weighted by molar-refractivity contribution is 9.10. The van der Waals surface area contributed by atoms with Gasteiger partial charge in [-0.3, -0.25) is 0 Å². The number of aryl methyl sites for hydroxylation is 1. The zero-order valence-electron chi connectivity index (χ0n) is 9.75. The molecule has 0 aromatic heterocycles. The highest BCUT2D eigenvalue weighted by Crippen LogP contribution is 2.28. The Morgan fingerprint density at radius 2 is 1.89 bits per heavy atom. The monoisotopic (exact) mass is 327 g/mol. The zero-order chi connectivity index (χ0) is 13.3. The number of benzene rings is 2. The lowest BCUT2D eigenvalue weighted by Crippen LogP contribution is -2.15. The normalized spacial score (nSPS) is 12.5. The van der Waals surface area contributed by atoms with Crippen molar-refractivity contribution in [2.24, 2.45) is 5.73 Å². The highest BCUT2D eigenvalue weighted by atomic mass is 79.9. The van der Waals surface area contributed by atoms with Crippen molar-refractivity contribution in [2.45, 2.75) is 13.0 Å². The van der Waals surface area contributed by atoms with Crippen molar-refractivity contribution in [3.8, 4) is 0 Å². The molecule has 2 aromatic carbocycles. The molecular formula is C14H12BrClFN. The van der Waals surface area contributed by atoms with Gasteiger partial charge in [0.25, 0.3) is 0 Å². The molecule has 0 heterocycles. The van der Waals surface area contributed by atoms with Crippen LogP contribution in [0, 0.1) is 12.7 Å². The van der Waals surface area contributed by atoms with Gasteiger partial charge in [0.05, 0.1) is 6.04 Å². The third-order valence-electron chi connectivity index (χ3n) is 2.86. The lowest BCUT2D eigenvalue weighted by molar-refractivity contribution is 0.599. The average molecular weight is 329 g/mol. The number of rotatable bonds is 2. The van der Waals surface area contributed by atoms with Crippen molar-refractivity contribution in [1.82, 2.24) is 0 Å². The number of hydrogen-bond acceptors (Lipinski definition) is 1. The first-order chi connectivity index (χ1) is 8.49. The van der Waals surface area contributed by atoms with Gasteiger partial charge in [-0.05, 0) is 48.4 Å². The van der Waals surface area contributed by atoms with Crippen LogP contribution in [-0.2, 0) is 0 Å². The Labute approximate surface area is 119 Å². The quantitative estimate of drug-likeness (QED) is 0.856. The van der Waals surface area contributed by atoms with Crippen LogP contribution in [-0.4, -0.2) is 0 Å². The van der Waals surface area contributed by atoms with Crippen LogP contribution in [0.1, 0.15) is 22.7 Å². The third kappa shape index (κ3) is 2.74. The maximum atomic E-state index is 13.8. The molecule has 0 bridgehead atoms. The van der Waals surface area contributed by atoms with Crippen molar-refractivity contribution in [3.05, 3.63) is 68.4 Å². The molecule has 2 N–H and O–H groups in total.